The van der Waals surface area contributed by atoms with Crippen LogP contribution in [0.1, 0.15) is 23.3 Å². The molecule has 1 aromatic heterocycles. The number of hydrogen-bond donors (Lipinski definition) is 2. The molecule has 0 spiro atoms. The van der Waals surface area contributed by atoms with Crippen LogP contribution in [0, 0.1) is 11.7 Å². The van der Waals surface area contributed by atoms with E-state index in [9.17, 15) is 14.0 Å². The summed E-state index contributed by atoms with van der Waals surface area (Å²) < 4.78 is 13.7. The highest BCUT2D eigenvalue weighted by atomic mass is 19.1. The van der Waals surface area contributed by atoms with Crippen molar-refractivity contribution in [3.63, 3.8) is 0 Å². The van der Waals surface area contributed by atoms with Gasteiger partial charge >= 0.3 is 5.97 Å². The lowest BCUT2D eigenvalue weighted by molar-refractivity contribution is -0.143. The molecule has 1 aliphatic heterocycles. The van der Waals surface area contributed by atoms with Crippen molar-refractivity contribution < 1.29 is 19.1 Å². The Bertz CT molecular complexity index is 710. The van der Waals surface area contributed by atoms with Gasteiger partial charge in [-0.05, 0) is 31.0 Å². The van der Waals surface area contributed by atoms with Crippen molar-refractivity contribution in [3.8, 4) is 0 Å². The number of hydrogen-bond acceptors (Lipinski definition) is 2. The molecule has 0 unspecified atom stereocenters. The van der Waals surface area contributed by atoms with Gasteiger partial charge in [-0.2, -0.15) is 0 Å². The van der Waals surface area contributed by atoms with E-state index >= 15 is 0 Å². The van der Waals surface area contributed by atoms with Crippen LogP contribution in [-0.4, -0.2) is 40.0 Å². The second-order valence-corrected chi connectivity index (χ2v) is 5.31. The Labute approximate surface area is 120 Å². The van der Waals surface area contributed by atoms with Crippen molar-refractivity contribution >= 4 is 22.8 Å². The van der Waals surface area contributed by atoms with Crippen molar-refractivity contribution in [2.24, 2.45) is 5.92 Å². The lowest BCUT2D eigenvalue weighted by Crippen LogP contribution is -2.42. The van der Waals surface area contributed by atoms with E-state index in [4.69, 9.17) is 5.11 Å². The second-order valence-electron chi connectivity index (χ2n) is 5.31. The number of rotatable bonds is 2. The number of halogens is 1. The number of piperidine rings is 1. The molecule has 1 saturated heterocycles. The fourth-order valence-electron chi connectivity index (χ4n) is 2.77. The van der Waals surface area contributed by atoms with Crippen molar-refractivity contribution in [1.82, 2.24) is 9.88 Å². The zero-order valence-corrected chi connectivity index (χ0v) is 11.3. The van der Waals surface area contributed by atoms with Gasteiger partial charge in [0.1, 0.15) is 11.5 Å². The first-order valence-corrected chi connectivity index (χ1v) is 6.85. The fourth-order valence-corrected chi connectivity index (χ4v) is 2.77. The molecular formula is C15H15FN2O3. The predicted octanol–water partition coefficient (Wildman–Crippen LogP) is 2.24. The minimum atomic E-state index is -0.879. The number of carboxylic acids is 1. The van der Waals surface area contributed by atoms with Gasteiger partial charge in [0.05, 0.1) is 5.92 Å². The molecular weight excluding hydrogens is 275 g/mol. The summed E-state index contributed by atoms with van der Waals surface area (Å²) in [4.78, 5) is 27.9. The van der Waals surface area contributed by atoms with Crippen LogP contribution >= 0.6 is 0 Å². The third-order valence-electron chi connectivity index (χ3n) is 3.90. The molecule has 2 heterocycles. The normalized spacial score (nSPS) is 18.9. The Morgan fingerprint density at radius 2 is 2.19 bits per heavy atom. The number of carbonyl (C=O) groups excluding carboxylic acids is 1. The van der Waals surface area contributed by atoms with E-state index in [0.717, 1.165) is 0 Å². The van der Waals surface area contributed by atoms with Crippen molar-refractivity contribution in [1.29, 1.82) is 0 Å². The maximum absolute atomic E-state index is 13.7. The average Bonchev–Trinajstić information content (AvgIpc) is 2.92. The highest BCUT2D eigenvalue weighted by Gasteiger charge is 2.29. The summed E-state index contributed by atoms with van der Waals surface area (Å²) >= 11 is 0. The molecule has 21 heavy (non-hydrogen) atoms. The van der Waals surface area contributed by atoms with E-state index < -0.39 is 11.9 Å². The monoisotopic (exact) mass is 290 g/mol. The standard InChI is InChI=1S/C15H15FN2O3/c16-11-4-1-5-12-10(11)7-13(17-12)14(19)18-6-2-3-9(8-18)15(20)21/h1,4-5,7,9,17H,2-3,6,8H2,(H,20,21)/t9-/m0/s1. The number of benzene rings is 1. The SMILES string of the molecule is O=C(O)[C@H]1CCCN(C(=O)c2cc3c(F)cccc3[nH]2)C1. The molecule has 0 saturated carbocycles. The largest absolute Gasteiger partial charge is 0.481 e. The molecule has 0 radical (unpaired) electrons. The number of fused-ring (bicyclic) bond motifs is 1. The average molecular weight is 290 g/mol. The predicted molar refractivity (Wildman–Crippen MR) is 74.5 cm³/mol. The number of carbonyl (C=O) groups is 2. The number of likely N-dealkylation sites (tertiary alicyclic amines) is 1. The summed E-state index contributed by atoms with van der Waals surface area (Å²) in [7, 11) is 0. The first-order valence-electron chi connectivity index (χ1n) is 6.85. The molecule has 110 valence electrons. The Morgan fingerprint density at radius 3 is 2.90 bits per heavy atom. The number of aromatic nitrogens is 1. The van der Waals surface area contributed by atoms with Gasteiger partial charge < -0.3 is 15.0 Å². The maximum Gasteiger partial charge on any atom is 0.308 e. The molecule has 1 atom stereocenters. The third kappa shape index (κ3) is 2.49. The fraction of sp³-hybridized carbons (Fsp3) is 0.333. The summed E-state index contributed by atoms with van der Waals surface area (Å²) in [6.45, 7) is 0.729. The van der Waals surface area contributed by atoms with Crippen molar-refractivity contribution in [2.75, 3.05) is 13.1 Å². The first-order chi connectivity index (χ1) is 10.1. The van der Waals surface area contributed by atoms with Crippen LogP contribution in [0.4, 0.5) is 4.39 Å². The van der Waals surface area contributed by atoms with Crippen molar-refractivity contribution in [2.45, 2.75) is 12.8 Å². The number of carboxylic acid groups (broad SMARTS) is 1. The molecule has 2 N–H and O–H groups in total. The van der Waals surface area contributed by atoms with E-state index in [2.05, 4.69) is 4.98 Å². The molecule has 5 nitrogen and oxygen atoms in total. The van der Waals surface area contributed by atoms with Gasteiger partial charge in [-0.1, -0.05) is 6.07 Å². The van der Waals surface area contributed by atoms with Crippen LogP contribution < -0.4 is 0 Å². The van der Waals surface area contributed by atoms with Gasteiger partial charge in [-0.15, -0.1) is 0 Å². The van der Waals surface area contributed by atoms with Gasteiger partial charge in [0, 0.05) is 24.0 Å². The number of H-pyrrole nitrogens is 1. The second kappa shape index (κ2) is 5.20. The highest BCUT2D eigenvalue weighted by Crippen LogP contribution is 2.22. The Morgan fingerprint density at radius 1 is 1.38 bits per heavy atom. The topological polar surface area (TPSA) is 73.4 Å². The van der Waals surface area contributed by atoms with Gasteiger partial charge in [-0.3, -0.25) is 9.59 Å². The van der Waals surface area contributed by atoms with Crippen LogP contribution in [0.3, 0.4) is 0 Å². The van der Waals surface area contributed by atoms with E-state index in [1.54, 1.807) is 12.1 Å². The highest BCUT2D eigenvalue weighted by molar-refractivity contribution is 5.98. The molecule has 6 heteroatoms. The van der Waals surface area contributed by atoms with E-state index in [1.165, 1.54) is 17.0 Å². The van der Waals surface area contributed by atoms with Crippen LogP contribution in [0.5, 0.6) is 0 Å². The Hall–Kier alpha value is -2.37. The molecule has 1 amide bonds. The number of aromatic amines is 1. The van der Waals surface area contributed by atoms with Crippen LogP contribution in [0.2, 0.25) is 0 Å². The van der Waals surface area contributed by atoms with Crippen molar-refractivity contribution in [3.05, 3.63) is 35.8 Å². The zero-order chi connectivity index (χ0) is 15.0. The summed E-state index contributed by atoms with van der Waals surface area (Å²) in [5, 5.41) is 9.43. The smallest absolute Gasteiger partial charge is 0.308 e. The summed E-state index contributed by atoms with van der Waals surface area (Å²) in [5.41, 5.74) is 0.853. The molecule has 1 aliphatic rings. The lowest BCUT2D eigenvalue weighted by Gasteiger charge is -2.30. The molecule has 0 aliphatic carbocycles. The number of nitrogens with zero attached hydrogens (tertiary/aromatic N) is 1. The van der Waals surface area contributed by atoms with Crippen LogP contribution in [0.25, 0.3) is 10.9 Å². The third-order valence-corrected chi connectivity index (χ3v) is 3.90. The first kappa shape index (κ1) is 13.6. The molecule has 1 aromatic carbocycles. The molecule has 2 aromatic rings. The van der Waals surface area contributed by atoms with Gasteiger partial charge in [0.25, 0.3) is 5.91 Å². The van der Waals surface area contributed by atoms with Crippen LogP contribution in [-0.2, 0) is 4.79 Å². The Kier molecular flexibility index (Phi) is 3.37. The van der Waals surface area contributed by atoms with Gasteiger partial charge in [0.2, 0.25) is 0 Å². The summed E-state index contributed by atoms with van der Waals surface area (Å²) in [6, 6.07) is 6.10. The maximum atomic E-state index is 13.7. The minimum absolute atomic E-state index is 0.200. The molecule has 3 rings (SSSR count). The van der Waals surface area contributed by atoms with Gasteiger partial charge in [0.15, 0.2) is 0 Å². The summed E-state index contributed by atoms with van der Waals surface area (Å²) in [6.07, 6.45) is 1.25. The lowest BCUT2D eigenvalue weighted by atomic mass is 9.98. The number of amides is 1. The quantitative estimate of drug-likeness (QED) is 0.891. The molecule has 0 bridgehead atoms. The number of nitrogens with one attached hydrogen (secondary N) is 1. The van der Waals surface area contributed by atoms with Crippen LogP contribution in [0.15, 0.2) is 24.3 Å². The van der Waals surface area contributed by atoms with E-state index in [-0.39, 0.29) is 18.3 Å². The van der Waals surface area contributed by atoms with Gasteiger partial charge in [-0.25, -0.2) is 4.39 Å². The Balaban J connectivity index is 1.86. The zero-order valence-electron chi connectivity index (χ0n) is 11.3. The minimum Gasteiger partial charge on any atom is -0.481 e. The van der Waals surface area contributed by atoms with E-state index in [1.807, 2.05) is 0 Å². The summed E-state index contributed by atoms with van der Waals surface area (Å²) in [5.74, 6) is -2.07. The van der Waals surface area contributed by atoms with E-state index in [0.29, 0.717) is 36.0 Å². The molecule has 1 fully saturated rings. The number of aliphatic carboxylic acids is 1.